The van der Waals surface area contributed by atoms with Crippen molar-refractivity contribution in [3.63, 3.8) is 0 Å². The Morgan fingerprint density at radius 2 is 1.92 bits per heavy atom. The van der Waals surface area contributed by atoms with Crippen LogP contribution in [0.15, 0.2) is 42.5 Å². The summed E-state index contributed by atoms with van der Waals surface area (Å²) in [5.41, 5.74) is 3.66. The molecule has 0 aliphatic heterocycles. The maximum absolute atomic E-state index is 12.2. The van der Waals surface area contributed by atoms with Gasteiger partial charge in [0.1, 0.15) is 5.82 Å². The molecule has 0 unspecified atom stereocenters. The summed E-state index contributed by atoms with van der Waals surface area (Å²) >= 11 is 5.87. The number of nitrogens with zero attached hydrogens (tertiary/aromatic N) is 2. The quantitative estimate of drug-likeness (QED) is 0.633. The third-order valence-corrected chi connectivity index (χ3v) is 4.21. The Morgan fingerprint density at radius 3 is 2.62 bits per heavy atom. The first kappa shape index (κ1) is 17.9. The monoisotopic (exact) mass is 369 g/mol. The summed E-state index contributed by atoms with van der Waals surface area (Å²) in [6.45, 7) is 4.32. The van der Waals surface area contributed by atoms with Gasteiger partial charge in [-0.2, -0.15) is 5.10 Å². The maximum atomic E-state index is 12.2. The molecule has 0 bridgehead atoms. The van der Waals surface area contributed by atoms with Crippen LogP contribution in [-0.4, -0.2) is 27.8 Å². The molecule has 1 heterocycles. The summed E-state index contributed by atoms with van der Waals surface area (Å²) < 4.78 is 0. The van der Waals surface area contributed by atoms with E-state index < -0.39 is 0 Å². The Hall–Kier alpha value is -2.86. The number of anilines is 1. The van der Waals surface area contributed by atoms with Gasteiger partial charge in [-0.3, -0.25) is 5.10 Å². The number of carbonyl (C=O) groups excluding carboxylic acids is 1. The molecule has 2 aromatic carbocycles. The van der Waals surface area contributed by atoms with Gasteiger partial charge in [-0.25, -0.2) is 9.78 Å². The Balaban J connectivity index is 1.59. The largest absolute Gasteiger partial charge is 0.338 e. The number of benzene rings is 2. The molecule has 3 N–H and O–H groups in total. The molecule has 6 nitrogen and oxygen atoms in total. The number of halogens is 1. The van der Waals surface area contributed by atoms with Crippen molar-refractivity contribution in [1.82, 2.24) is 20.5 Å². The summed E-state index contributed by atoms with van der Waals surface area (Å²) in [7, 11) is 0. The predicted octanol–water partition coefficient (Wildman–Crippen LogP) is 4.11. The number of nitrogens with one attached hydrogen (secondary N) is 3. The maximum Gasteiger partial charge on any atom is 0.319 e. The second-order valence-electron chi connectivity index (χ2n) is 6.03. The van der Waals surface area contributed by atoms with Crippen molar-refractivity contribution >= 4 is 23.3 Å². The van der Waals surface area contributed by atoms with Gasteiger partial charge in [0, 0.05) is 22.8 Å². The lowest BCUT2D eigenvalue weighted by molar-refractivity contribution is 0.252. The summed E-state index contributed by atoms with van der Waals surface area (Å²) in [6, 6.07) is 13.1. The number of rotatable bonds is 5. The molecule has 3 aromatic rings. The van der Waals surface area contributed by atoms with E-state index in [1.807, 2.05) is 56.3 Å². The molecule has 0 fully saturated rings. The summed E-state index contributed by atoms with van der Waals surface area (Å²) in [6.07, 6.45) is 0.736. The van der Waals surface area contributed by atoms with Crippen LogP contribution in [0.4, 0.5) is 10.5 Å². The Bertz CT molecular complexity index is 905. The van der Waals surface area contributed by atoms with Gasteiger partial charge in [-0.1, -0.05) is 35.9 Å². The van der Waals surface area contributed by atoms with E-state index in [2.05, 4.69) is 25.8 Å². The summed E-state index contributed by atoms with van der Waals surface area (Å²) in [5, 5.41) is 13.4. The van der Waals surface area contributed by atoms with Crippen molar-refractivity contribution < 1.29 is 4.79 Å². The molecule has 3 rings (SSSR count). The zero-order valence-corrected chi connectivity index (χ0v) is 15.4. The summed E-state index contributed by atoms with van der Waals surface area (Å²) in [5.74, 6) is 1.35. The van der Waals surface area contributed by atoms with E-state index in [1.54, 1.807) is 0 Å². The zero-order chi connectivity index (χ0) is 18.5. The third kappa shape index (κ3) is 4.61. The highest BCUT2D eigenvalue weighted by Gasteiger charge is 2.09. The third-order valence-electron chi connectivity index (χ3n) is 3.95. The van der Waals surface area contributed by atoms with Gasteiger partial charge < -0.3 is 10.6 Å². The van der Waals surface area contributed by atoms with Gasteiger partial charge in [0.25, 0.3) is 0 Å². The number of carbonyl (C=O) groups is 1. The van der Waals surface area contributed by atoms with E-state index in [0.717, 1.165) is 34.6 Å². The molecule has 0 aliphatic rings. The highest BCUT2D eigenvalue weighted by Crippen LogP contribution is 2.23. The molecule has 0 spiro atoms. The van der Waals surface area contributed by atoms with E-state index in [9.17, 15) is 4.79 Å². The second-order valence-corrected chi connectivity index (χ2v) is 6.47. The first-order chi connectivity index (χ1) is 12.5. The number of urea groups is 1. The molecule has 7 heteroatoms. The molecular formula is C19H20ClN5O. The number of hydrogen-bond donors (Lipinski definition) is 3. The van der Waals surface area contributed by atoms with Crippen molar-refractivity contribution in [3.8, 4) is 11.4 Å². The molecule has 0 atom stereocenters. The molecule has 2 amide bonds. The van der Waals surface area contributed by atoms with E-state index in [1.165, 1.54) is 0 Å². The van der Waals surface area contributed by atoms with Gasteiger partial charge in [0.15, 0.2) is 5.82 Å². The van der Waals surface area contributed by atoms with Crippen molar-refractivity contribution in [1.29, 1.82) is 0 Å². The van der Waals surface area contributed by atoms with Gasteiger partial charge in [0.05, 0.1) is 0 Å². The lowest BCUT2D eigenvalue weighted by atomic mass is 10.1. The van der Waals surface area contributed by atoms with Gasteiger partial charge in [-0.05, 0) is 49.6 Å². The van der Waals surface area contributed by atoms with Crippen LogP contribution in [0.1, 0.15) is 17.0 Å². The Morgan fingerprint density at radius 1 is 1.15 bits per heavy atom. The standard InChI is InChI=1S/C19H20ClN5O/c1-12-3-6-15(18-22-13(2)24-25-18)11-17(12)23-19(26)21-10-9-14-4-7-16(20)8-5-14/h3-8,11H,9-10H2,1-2H3,(H2,21,23,26)(H,22,24,25). The van der Waals surface area contributed by atoms with E-state index in [4.69, 9.17) is 11.6 Å². The number of amides is 2. The first-order valence-corrected chi connectivity index (χ1v) is 8.68. The van der Waals surface area contributed by atoms with Crippen molar-refractivity contribution in [2.24, 2.45) is 0 Å². The molecule has 134 valence electrons. The number of hydrogen-bond acceptors (Lipinski definition) is 3. The van der Waals surface area contributed by atoms with Crippen molar-refractivity contribution in [2.45, 2.75) is 20.3 Å². The van der Waals surface area contributed by atoms with Crippen LogP contribution in [-0.2, 0) is 6.42 Å². The lowest BCUT2D eigenvalue weighted by Crippen LogP contribution is -2.30. The Labute approximate surface area is 157 Å². The highest BCUT2D eigenvalue weighted by atomic mass is 35.5. The minimum Gasteiger partial charge on any atom is -0.338 e. The zero-order valence-electron chi connectivity index (χ0n) is 14.6. The van der Waals surface area contributed by atoms with Gasteiger partial charge in [-0.15, -0.1) is 0 Å². The lowest BCUT2D eigenvalue weighted by Gasteiger charge is -2.11. The molecule has 0 aliphatic carbocycles. The van der Waals surface area contributed by atoms with Crippen LogP contribution in [0.25, 0.3) is 11.4 Å². The van der Waals surface area contributed by atoms with Crippen LogP contribution >= 0.6 is 11.6 Å². The molecule has 0 saturated carbocycles. The molecular weight excluding hydrogens is 350 g/mol. The molecule has 26 heavy (non-hydrogen) atoms. The van der Waals surface area contributed by atoms with E-state index in [0.29, 0.717) is 17.4 Å². The molecule has 0 saturated heterocycles. The van der Waals surface area contributed by atoms with Gasteiger partial charge in [0.2, 0.25) is 0 Å². The average molecular weight is 370 g/mol. The highest BCUT2D eigenvalue weighted by molar-refractivity contribution is 6.30. The van der Waals surface area contributed by atoms with Crippen LogP contribution in [0, 0.1) is 13.8 Å². The minimum atomic E-state index is -0.245. The number of aryl methyl sites for hydroxylation is 2. The number of aromatic nitrogens is 3. The fourth-order valence-electron chi connectivity index (χ4n) is 2.51. The smallest absolute Gasteiger partial charge is 0.319 e. The number of H-pyrrole nitrogens is 1. The SMILES string of the molecule is Cc1nc(-c2ccc(C)c(NC(=O)NCCc3ccc(Cl)cc3)c2)n[nH]1. The fraction of sp³-hybridized carbons (Fsp3) is 0.211. The topological polar surface area (TPSA) is 82.7 Å². The Kier molecular flexibility index (Phi) is 5.53. The van der Waals surface area contributed by atoms with Crippen molar-refractivity contribution in [2.75, 3.05) is 11.9 Å². The minimum absolute atomic E-state index is 0.245. The van der Waals surface area contributed by atoms with Crippen molar-refractivity contribution in [3.05, 3.63) is 64.4 Å². The average Bonchev–Trinajstić information content (AvgIpc) is 3.05. The second kappa shape index (κ2) is 8.01. The first-order valence-electron chi connectivity index (χ1n) is 8.30. The summed E-state index contributed by atoms with van der Waals surface area (Å²) in [4.78, 5) is 16.5. The van der Waals surface area contributed by atoms with Crippen LogP contribution < -0.4 is 10.6 Å². The molecule has 1 aromatic heterocycles. The number of aromatic amines is 1. The van der Waals surface area contributed by atoms with Crippen LogP contribution in [0.5, 0.6) is 0 Å². The fourth-order valence-corrected chi connectivity index (χ4v) is 2.63. The van der Waals surface area contributed by atoms with Crippen LogP contribution in [0.2, 0.25) is 5.02 Å². The normalized spacial score (nSPS) is 10.6. The van der Waals surface area contributed by atoms with E-state index >= 15 is 0 Å². The van der Waals surface area contributed by atoms with E-state index in [-0.39, 0.29) is 6.03 Å². The molecule has 0 radical (unpaired) electrons. The van der Waals surface area contributed by atoms with Gasteiger partial charge >= 0.3 is 6.03 Å². The predicted molar refractivity (Wildman–Crippen MR) is 103 cm³/mol. The van der Waals surface area contributed by atoms with Crippen LogP contribution in [0.3, 0.4) is 0 Å².